The molecule has 1 aromatic carbocycles. The highest BCUT2D eigenvalue weighted by molar-refractivity contribution is 7.98. The van der Waals surface area contributed by atoms with Crippen molar-refractivity contribution in [1.82, 2.24) is 5.32 Å². The number of carbonyl (C=O) groups excluding carboxylic acids is 1. The number of carboxylic acids is 1. The summed E-state index contributed by atoms with van der Waals surface area (Å²) in [7, 11) is 0. The zero-order valence-corrected chi connectivity index (χ0v) is 13.0. The van der Waals surface area contributed by atoms with Crippen LogP contribution in [0.15, 0.2) is 29.2 Å². The summed E-state index contributed by atoms with van der Waals surface area (Å²) < 4.78 is 0. The Morgan fingerprint density at radius 3 is 2.10 bits per heavy atom. The van der Waals surface area contributed by atoms with E-state index in [0.717, 1.165) is 5.56 Å². The van der Waals surface area contributed by atoms with E-state index in [4.69, 9.17) is 5.11 Å². The molecule has 0 saturated heterocycles. The van der Waals surface area contributed by atoms with Crippen molar-refractivity contribution in [2.45, 2.75) is 31.7 Å². The van der Waals surface area contributed by atoms with Crippen molar-refractivity contribution < 1.29 is 14.7 Å². The van der Waals surface area contributed by atoms with Crippen LogP contribution in [-0.2, 0) is 9.59 Å². The first-order valence-corrected chi connectivity index (χ1v) is 7.76. The van der Waals surface area contributed by atoms with E-state index < -0.39 is 17.8 Å². The average Bonchev–Trinajstić information content (AvgIpc) is 2.45. The smallest absolute Gasteiger partial charge is 0.307 e. The summed E-state index contributed by atoms with van der Waals surface area (Å²) >= 11 is 1.66. The number of hydrogen-bond donors (Lipinski definition) is 2. The van der Waals surface area contributed by atoms with Gasteiger partial charge in [-0.05, 0) is 30.9 Å². The van der Waals surface area contributed by atoms with E-state index in [0.29, 0.717) is 0 Å². The fourth-order valence-corrected chi connectivity index (χ4v) is 2.17. The summed E-state index contributed by atoms with van der Waals surface area (Å²) in [5.74, 6) is -2.44. The number of amides is 1. The van der Waals surface area contributed by atoms with Gasteiger partial charge in [-0.3, -0.25) is 9.59 Å². The molecule has 0 aromatic heterocycles. The quantitative estimate of drug-likeness (QED) is 0.792. The number of carboxylic acid groups (broad SMARTS) is 1. The SMILES string of the molecule is CSc1ccc(C(C)NC(=O)C(C)C(C)C(=O)O)cc1. The molecule has 0 spiro atoms. The molecule has 0 aliphatic rings. The van der Waals surface area contributed by atoms with Gasteiger partial charge >= 0.3 is 5.97 Å². The lowest BCUT2D eigenvalue weighted by molar-refractivity contribution is -0.146. The van der Waals surface area contributed by atoms with Gasteiger partial charge in [0.1, 0.15) is 0 Å². The summed E-state index contributed by atoms with van der Waals surface area (Å²) in [6.45, 7) is 5.08. The summed E-state index contributed by atoms with van der Waals surface area (Å²) in [6.07, 6.45) is 2.01. The molecule has 0 aliphatic heterocycles. The molecule has 0 aliphatic carbocycles. The van der Waals surface area contributed by atoms with E-state index in [1.165, 1.54) is 4.90 Å². The van der Waals surface area contributed by atoms with Crippen molar-refractivity contribution in [3.05, 3.63) is 29.8 Å². The maximum atomic E-state index is 12.0. The monoisotopic (exact) mass is 295 g/mol. The van der Waals surface area contributed by atoms with Gasteiger partial charge in [0, 0.05) is 10.8 Å². The second kappa shape index (κ2) is 7.33. The third-order valence-electron chi connectivity index (χ3n) is 3.53. The number of hydrogen-bond acceptors (Lipinski definition) is 3. The Bertz CT molecular complexity index is 473. The van der Waals surface area contributed by atoms with Crippen molar-refractivity contribution in [2.24, 2.45) is 11.8 Å². The van der Waals surface area contributed by atoms with Crippen LogP contribution in [0.2, 0.25) is 0 Å². The van der Waals surface area contributed by atoms with E-state index >= 15 is 0 Å². The number of rotatable bonds is 6. The topological polar surface area (TPSA) is 66.4 Å². The molecule has 0 saturated carbocycles. The number of carbonyl (C=O) groups is 2. The van der Waals surface area contributed by atoms with Gasteiger partial charge in [0.25, 0.3) is 0 Å². The van der Waals surface area contributed by atoms with Crippen LogP contribution in [0, 0.1) is 11.8 Å². The van der Waals surface area contributed by atoms with Gasteiger partial charge in [-0.15, -0.1) is 11.8 Å². The lowest BCUT2D eigenvalue weighted by Crippen LogP contribution is -2.36. The van der Waals surface area contributed by atoms with Crippen LogP contribution in [0.4, 0.5) is 0 Å². The fraction of sp³-hybridized carbons (Fsp3) is 0.467. The van der Waals surface area contributed by atoms with Gasteiger partial charge in [0.05, 0.1) is 12.0 Å². The Kier molecular flexibility index (Phi) is 6.07. The molecule has 20 heavy (non-hydrogen) atoms. The highest BCUT2D eigenvalue weighted by Gasteiger charge is 2.26. The second-order valence-electron chi connectivity index (χ2n) is 4.92. The Morgan fingerprint density at radius 2 is 1.65 bits per heavy atom. The summed E-state index contributed by atoms with van der Waals surface area (Å²) in [5.41, 5.74) is 1.01. The normalized spacial score (nSPS) is 15.2. The third-order valence-corrected chi connectivity index (χ3v) is 4.27. The lowest BCUT2D eigenvalue weighted by atomic mass is 9.94. The highest BCUT2D eigenvalue weighted by atomic mass is 32.2. The van der Waals surface area contributed by atoms with Gasteiger partial charge in [-0.25, -0.2) is 0 Å². The predicted octanol–water partition coefficient (Wildman–Crippen LogP) is 2.94. The van der Waals surface area contributed by atoms with E-state index in [1.807, 2.05) is 37.4 Å². The first-order chi connectivity index (χ1) is 9.36. The molecular weight excluding hydrogens is 274 g/mol. The first kappa shape index (κ1) is 16.6. The standard InChI is InChI=1S/C15H21NO3S/c1-9(10(2)15(18)19)14(17)16-11(3)12-5-7-13(20-4)8-6-12/h5-11H,1-4H3,(H,16,17)(H,18,19). The number of aliphatic carboxylic acids is 1. The molecule has 5 heteroatoms. The van der Waals surface area contributed by atoms with Gasteiger partial charge in [0.2, 0.25) is 5.91 Å². The number of nitrogens with one attached hydrogen (secondary N) is 1. The molecule has 4 nitrogen and oxygen atoms in total. The Morgan fingerprint density at radius 1 is 1.10 bits per heavy atom. The summed E-state index contributed by atoms with van der Waals surface area (Å²) in [6, 6.07) is 7.82. The molecule has 1 aromatic rings. The van der Waals surface area contributed by atoms with Gasteiger partial charge in [-0.1, -0.05) is 26.0 Å². The zero-order valence-electron chi connectivity index (χ0n) is 12.2. The van der Waals surface area contributed by atoms with Crippen molar-refractivity contribution >= 4 is 23.6 Å². The van der Waals surface area contributed by atoms with Crippen molar-refractivity contribution in [2.75, 3.05) is 6.26 Å². The lowest BCUT2D eigenvalue weighted by Gasteiger charge is -2.20. The molecule has 1 amide bonds. The first-order valence-electron chi connectivity index (χ1n) is 6.54. The van der Waals surface area contributed by atoms with Crippen molar-refractivity contribution in [1.29, 1.82) is 0 Å². The van der Waals surface area contributed by atoms with Crippen LogP contribution in [0.1, 0.15) is 32.4 Å². The maximum absolute atomic E-state index is 12.0. The van der Waals surface area contributed by atoms with Crippen LogP contribution in [0.25, 0.3) is 0 Å². The Balaban J connectivity index is 2.66. The number of thioether (sulfide) groups is 1. The minimum Gasteiger partial charge on any atom is -0.481 e. The van der Waals surface area contributed by atoms with Gasteiger partial charge in [-0.2, -0.15) is 0 Å². The van der Waals surface area contributed by atoms with E-state index in [1.54, 1.807) is 25.6 Å². The van der Waals surface area contributed by atoms with E-state index in [9.17, 15) is 9.59 Å². The fourth-order valence-electron chi connectivity index (χ4n) is 1.76. The van der Waals surface area contributed by atoms with Crippen LogP contribution in [0.5, 0.6) is 0 Å². The zero-order chi connectivity index (χ0) is 15.3. The molecule has 110 valence electrons. The molecule has 0 bridgehead atoms. The minimum absolute atomic E-state index is 0.137. The Labute approximate surface area is 124 Å². The van der Waals surface area contributed by atoms with Crippen LogP contribution in [0.3, 0.4) is 0 Å². The number of benzene rings is 1. The summed E-state index contributed by atoms with van der Waals surface area (Å²) in [5, 5.41) is 11.8. The molecule has 0 fully saturated rings. The molecular formula is C15H21NO3S. The van der Waals surface area contributed by atoms with Gasteiger partial charge in [0.15, 0.2) is 0 Å². The molecule has 3 atom stereocenters. The van der Waals surface area contributed by atoms with Gasteiger partial charge < -0.3 is 10.4 Å². The van der Waals surface area contributed by atoms with Crippen molar-refractivity contribution in [3.63, 3.8) is 0 Å². The molecule has 1 rings (SSSR count). The highest BCUT2D eigenvalue weighted by Crippen LogP contribution is 2.20. The van der Waals surface area contributed by atoms with Crippen LogP contribution < -0.4 is 5.32 Å². The average molecular weight is 295 g/mol. The molecule has 0 heterocycles. The van der Waals surface area contributed by atoms with Crippen LogP contribution in [-0.4, -0.2) is 23.2 Å². The van der Waals surface area contributed by atoms with Crippen molar-refractivity contribution in [3.8, 4) is 0 Å². The predicted molar refractivity (Wildman–Crippen MR) is 80.7 cm³/mol. The molecule has 2 N–H and O–H groups in total. The summed E-state index contributed by atoms with van der Waals surface area (Å²) in [4.78, 5) is 24.1. The van der Waals surface area contributed by atoms with E-state index in [2.05, 4.69) is 5.32 Å². The largest absolute Gasteiger partial charge is 0.481 e. The molecule has 3 unspecified atom stereocenters. The molecule has 0 radical (unpaired) electrons. The second-order valence-corrected chi connectivity index (χ2v) is 5.80. The maximum Gasteiger partial charge on any atom is 0.307 e. The van der Waals surface area contributed by atoms with E-state index in [-0.39, 0.29) is 11.9 Å². The Hall–Kier alpha value is -1.49. The minimum atomic E-state index is -0.954. The van der Waals surface area contributed by atoms with Crippen LogP contribution >= 0.6 is 11.8 Å². The third kappa shape index (κ3) is 4.27.